The fourth-order valence-electron chi connectivity index (χ4n) is 1.64. The molecule has 0 aliphatic rings. The maximum absolute atomic E-state index is 9.94. The van der Waals surface area contributed by atoms with Gasteiger partial charge in [0.05, 0.1) is 6.10 Å². The summed E-state index contributed by atoms with van der Waals surface area (Å²) in [6.45, 7) is 6.48. The molecule has 3 N–H and O–H groups in total. The van der Waals surface area contributed by atoms with Crippen LogP contribution in [0.4, 0.5) is 0 Å². The molecular weight excluding hydrogens is 214 g/mol. The average Bonchev–Trinajstić information content (AvgIpc) is 2.35. The molecule has 0 aliphatic carbocycles. The maximum Gasteiger partial charge on any atom is 0.105 e. The van der Waals surface area contributed by atoms with Crippen LogP contribution in [0.5, 0.6) is 0 Å². The van der Waals surface area contributed by atoms with Crippen molar-refractivity contribution in [2.75, 3.05) is 13.6 Å². The van der Waals surface area contributed by atoms with Gasteiger partial charge in [0, 0.05) is 0 Å². The Bertz CT molecular complexity index is 359. The number of aliphatic hydroxyl groups is 2. The van der Waals surface area contributed by atoms with Gasteiger partial charge < -0.3 is 15.5 Å². The molecule has 1 aromatic rings. The SMILES string of the molecule is C=C(C)c1ccc(C(O)C(O)CCNC)cc1. The summed E-state index contributed by atoms with van der Waals surface area (Å²) < 4.78 is 0. The van der Waals surface area contributed by atoms with Gasteiger partial charge in [0.25, 0.3) is 0 Å². The van der Waals surface area contributed by atoms with E-state index in [0.29, 0.717) is 13.0 Å². The van der Waals surface area contributed by atoms with Crippen LogP contribution in [0.25, 0.3) is 5.57 Å². The van der Waals surface area contributed by atoms with Gasteiger partial charge in [-0.05, 0) is 38.1 Å². The largest absolute Gasteiger partial charge is 0.390 e. The van der Waals surface area contributed by atoms with Crippen LogP contribution >= 0.6 is 0 Å². The summed E-state index contributed by atoms with van der Waals surface area (Å²) >= 11 is 0. The molecule has 0 saturated carbocycles. The van der Waals surface area contributed by atoms with Gasteiger partial charge in [0.1, 0.15) is 6.10 Å². The lowest BCUT2D eigenvalue weighted by atomic mass is 9.99. The third kappa shape index (κ3) is 3.97. The molecule has 2 atom stereocenters. The molecule has 1 rings (SSSR count). The fourth-order valence-corrected chi connectivity index (χ4v) is 1.64. The zero-order chi connectivity index (χ0) is 12.8. The summed E-state index contributed by atoms with van der Waals surface area (Å²) in [6.07, 6.45) is -1.04. The molecule has 0 fully saturated rings. The van der Waals surface area contributed by atoms with E-state index in [-0.39, 0.29) is 0 Å². The normalized spacial score (nSPS) is 14.4. The van der Waals surface area contributed by atoms with Crippen LogP contribution < -0.4 is 5.32 Å². The first-order valence-corrected chi connectivity index (χ1v) is 5.83. The van der Waals surface area contributed by atoms with E-state index < -0.39 is 12.2 Å². The van der Waals surface area contributed by atoms with Crippen LogP contribution in [0.3, 0.4) is 0 Å². The summed E-state index contributed by atoms with van der Waals surface area (Å²) in [5, 5.41) is 22.7. The van der Waals surface area contributed by atoms with E-state index in [1.165, 1.54) is 0 Å². The fraction of sp³-hybridized carbons (Fsp3) is 0.429. The van der Waals surface area contributed by atoms with Crippen molar-refractivity contribution in [2.45, 2.75) is 25.6 Å². The predicted octanol–water partition coefficient (Wildman–Crippen LogP) is 1.72. The van der Waals surface area contributed by atoms with E-state index in [2.05, 4.69) is 11.9 Å². The Morgan fingerprint density at radius 3 is 2.35 bits per heavy atom. The molecule has 3 heteroatoms. The second kappa shape index (κ2) is 6.55. The van der Waals surface area contributed by atoms with Crippen molar-refractivity contribution >= 4 is 5.57 Å². The maximum atomic E-state index is 9.94. The number of benzene rings is 1. The van der Waals surface area contributed by atoms with E-state index in [1.807, 2.05) is 38.2 Å². The standard InChI is InChI=1S/C14H21NO2/c1-10(2)11-4-6-12(7-5-11)14(17)13(16)8-9-15-3/h4-7,13-17H,1,8-9H2,2-3H3. The Morgan fingerprint density at radius 2 is 1.88 bits per heavy atom. The molecule has 3 nitrogen and oxygen atoms in total. The van der Waals surface area contributed by atoms with Gasteiger partial charge >= 0.3 is 0 Å². The third-order valence-corrected chi connectivity index (χ3v) is 2.80. The number of aliphatic hydroxyl groups excluding tert-OH is 2. The number of hydrogen-bond acceptors (Lipinski definition) is 3. The molecule has 17 heavy (non-hydrogen) atoms. The van der Waals surface area contributed by atoms with Crippen molar-refractivity contribution in [1.29, 1.82) is 0 Å². The van der Waals surface area contributed by atoms with E-state index in [9.17, 15) is 10.2 Å². The highest BCUT2D eigenvalue weighted by atomic mass is 16.3. The van der Waals surface area contributed by atoms with Gasteiger partial charge in [-0.3, -0.25) is 0 Å². The van der Waals surface area contributed by atoms with Crippen molar-refractivity contribution in [3.63, 3.8) is 0 Å². The van der Waals surface area contributed by atoms with Crippen molar-refractivity contribution in [3.8, 4) is 0 Å². The minimum Gasteiger partial charge on any atom is -0.390 e. The molecule has 0 bridgehead atoms. The Morgan fingerprint density at radius 1 is 1.29 bits per heavy atom. The van der Waals surface area contributed by atoms with Gasteiger partial charge in [0.2, 0.25) is 0 Å². The van der Waals surface area contributed by atoms with Crippen molar-refractivity contribution < 1.29 is 10.2 Å². The molecule has 0 spiro atoms. The van der Waals surface area contributed by atoms with Crippen molar-refractivity contribution in [2.24, 2.45) is 0 Å². The molecule has 0 amide bonds. The van der Waals surface area contributed by atoms with Crippen LogP contribution in [0, 0.1) is 0 Å². The van der Waals surface area contributed by atoms with E-state index in [4.69, 9.17) is 0 Å². The van der Waals surface area contributed by atoms with Crippen LogP contribution in [0.15, 0.2) is 30.8 Å². The zero-order valence-electron chi connectivity index (χ0n) is 10.5. The lowest BCUT2D eigenvalue weighted by Crippen LogP contribution is -2.23. The first-order chi connectivity index (χ1) is 8.06. The first kappa shape index (κ1) is 13.9. The summed E-state index contributed by atoms with van der Waals surface area (Å²) in [7, 11) is 1.82. The minimum atomic E-state index is -0.831. The quantitative estimate of drug-likeness (QED) is 0.704. The Kier molecular flexibility index (Phi) is 5.35. The van der Waals surface area contributed by atoms with Gasteiger partial charge in [-0.1, -0.05) is 36.4 Å². The molecule has 94 valence electrons. The second-order valence-electron chi connectivity index (χ2n) is 4.31. The van der Waals surface area contributed by atoms with E-state index in [1.54, 1.807) is 0 Å². The van der Waals surface area contributed by atoms with E-state index >= 15 is 0 Å². The molecule has 0 heterocycles. The number of hydrogen-bond donors (Lipinski definition) is 3. The number of nitrogens with one attached hydrogen (secondary N) is 1. The Hall–Kier alpha value is -1.16. The molecule has 0 aromatic heterocycles. The molecule has 0 aliphatic heterocycles. The van der Waals surface area contributed by atoms with Crippen LogP contribution in [-0.4, -0.2) is 29.9 Å². The average molecular weight is 235 g/mol. The summed E-state index contributed by atoms with van der Waals surface area (Å²) in [4.78, 5) is 0. The van der Waals surface area contributed by atoms with Crippen LogP contribution in [-0.2, 0) is 0 Å². The summed E-state index contributed by atoms with van der Waals surface area (Å²) in [6, 6.07) is 7.48. The highest BCUT2D eigenvalue weighted by Crippen LogP contribution is 2.21. The smallest absolute Gasteiger partial charge is 0.105 e. The van der Waals surface area contributed by atoms with Crippen molar-refractivity contribution in [3.05, 3.63) is 42.0 Å². The second-order valence-corrected chi connectivity index (χ2v) is 4.31. The molecule has 2 unspecified atom stereocenters. The Balaban J connectivity index is 2.68. The number of allylic oxidation sites excluding steroid dienone is 1. The Labute approximate surface area is 103 Å². The molecule has 1 aromatic carbocycles. The molecule has 0 radical (unpaired) electrons. The molecule has 0 saturated heterocycles. The monoisotopic (exact) mass is 235 g/mol. The highest BCUT2D eigenvalue weighted by molar-refractivity contribution is 5.61. The summed E-state index contributed by atoms with van der Waals surface area (Å²) in [5.41, 5.74) is 2.77. The number of rotatable bonds is 6. The van der Waals surface area contributed by atoms with Gasteiger partial charge in [-0.15, -0.1) is 0 Å². The van der Waals surface area contributed by atoms with Gasteiger partial charge in [0.15, 0.2) is 0 Å². The highest BCUT2D eigenvalue weighted by Gasteiger charge is 2.17. The van der Waals surface area contributed by atoms with Crippen molar-refractivity contribution in [1.82, 2.24) is 5.32 Å². The minimum absolute atomic E-state index is 0.528. The van der Waals surface area contributed by atoms with Gasteiger partial charge in [-0.25, -0.2) is 0 Å². The van der Waals surface area contributed by atoms with Gasteiger partial charge in [-0.2, -0.15) is 0 Å². The van der Waals surface area contributed by atoms with E-state index in [0.717, 1.165) is 16.7 Å². The van der Waals surface area contributed by atoms with Crippen LogP contribution in [0.1, 0.15) is 30.6 Å². The lowest BCUT2D eigenvalue weighted by Gasteiger charge is -2.18. The lowest BCUT2D eigenvalue weighted by molar-refractivity contribution is 0.0140. The summed E-state index contributed by atoms with van der Waals surface area (Å²) in [5.74, 6) is 0. The topological polar surface area (TPSA) is 52.5 Å². The predicted molar refractivity (Wildman–Crippen MR) is 70.7 cm³/mol. The molecular formula is C14H21NO2. The first-order valence-electron chi connectivity index (χ1n) is 5.83. The van der Waals surface area contributed by atoms with Crippen LogP contribution in [0.2, 0.25) is 0 Å². The third-order valence-electron chi connectivity index (χ3n) is 2.80. The zero-order valence-corrected chi connectivity index (χ0v) is 10.5.